The molecule has 0 bridgehead atoms. The van der Waals surface area contributed by atoms with Crippen LogP contribution in [0.2, 0.25) is 0 Å². The minimum Gasteiger partial charge on any atom is -0.465 e. The number of esters is 1. The van der Waals surface area contributed by atoms with Gasteiger partial charge < -0.3 is 15.4 Å². The van der Waals surface area contributed by atoms with E-state index in [-0.39, 0.29) is 0 Å². The van der Waals surface area contributed by atoms with Gasteiger partial charge in [-0.3, -0.25) is 0 Å². The van der Waals surface area contributed by atoms with E-state index >= 15 is 0 Å². The summed E-state index contributed by atoms with van der Waals surface area (Å²) in [5.41, 5.74) is 0.986. The number of carbonyl (C=O) groups is 1. The number of anilines is 3. The largest absolute Gasteiger partial charge is 0.465 e. The predicted molar refractivity (Wildman–Crippen MR) is 84.3 cm³/mol. The molecular formula is C15H19N5O2. The van der Waals surface area contributed by atoms with Crippen molar-refractivity contribution < 1.29 is 9.53 Å². The first-order valence-corrected chi connectivity index (χ1v) is 7.12. The molecule has 0 atom stereocenters. The van der Waals surface area contributed by atoms with Crippen molar-refractivity contribution in [3.8, 4) is 0 Å². The number of hydrogen-bond acceptors (Lipinski definition) is 7. The van der Waals surface area contributed by atoms with Crippen LogP contribution in [0.3, 0.4) is 0 Å². The molecule has 2 N–H and O–H groups in total. The number of aromatic nitrogens is 3. The molecule has 2 rings (SSSR count). The Labute approximate surface area is 129 Å². The summed E-state index contributed by atoms with van der Waals surface area (Å²) in [7, 11) is 1.34. The summed E-state index contributed by atoms with van der Waals surface area (Å²) >= 11 is 0. The van der Waals surface area contributed by atoms with E-state index in [1.807, 2.05) is 6.07 Å². The molecule has 0 radical (unpaired) electrons. The number of unbranched alkanes of at least 4 members (excludes halogenated alkanes) is 1. The highest BCUT2D eigenvalue weighted by Gasteiger charge is 2.12. The fourth-order valence-electron chi connectivity index (χ4n) is 1.84. The number of hydrogen-bond donors (Lipinski definition) is 2. The maximum atomic E-state index is 11.7. The van der Waals surface area contributed by atoms with Gasteiger partial charge in [0.05, 0.1) is 24.6 Å². The van der Waals surface area contributed by atoms with E-state index in [1.54, 1.807) is 24.4 Å². The standard InChI is InChI=1S/C15H19N5O2/c1-3-4-9-16-13-10-17-20-15(19-13)18-12-8-6-5-7-11(12)14(21)22-2/h5-8,10H,3-4,9H2,1-2H3,(H2,16,18,19,20). The van der Waals surface area contributed by atoms with Crippen LogP contribution < -0.4 is 10.6 Å². The van der Waals surface area contributed by atoms with Crippen LogP contribution in [0.1, 0.15) is 30.1 Å². The summed E-state index contributed by atoms with van der Waals surface area (Å²) < 4.78 is 4.76. The Morgan fingerprint density at radius 1 is 1.32 bits per heavy atom. The lowest BCUT2D eigenvalue weighted by molar-refractivity contribution is 0.0602. The molecule has 1 aromatic heterocycles. The lowest BCUT2D eigenvalue weighted by atomic mass is 10.2. The molecule has 0 fully saturated rings. The minimum atomic E-state index is -0.423. The van der Waals surface area contributed by atoms with Gasteiger partial charge in [0, 0.05) is 6.54 Å². The molecule has 0 spiro atoms. The number of carbonyl (C=O) groups excluding carboxylic acids is 1. The van der Waals surface area contributed by atoms with Crippen LogP contribution in [0.5, 0.6) is 0 Å². The Kier molecular flexibility index (Phi) is 5.65. The van der Waals surface area contributed by atoms with Crippen molar-refractivity contribution >= 4 is 23.4 Å². The van der Waals surface area contributed by atoms with Gasteiger partial charge in [0.1, 0.15) is 0 Å². The second-order valence-corrected chi connectivity index (χ2v) is 4.61. The first-order valence-electron chi connectivity index (χ1n) is 7.12. The van der Waals surface area contributed by atoms with E-state index in [0.29, 0.717) is 23.0 Å². The van der Waals surface area contributed by atoms with Crippen molar-refractivity contribution in [1.82, 2.24) is 15.2 Å². The zero-order chi connectivity index (χ0) is 15.8. The van der Waals surface area contributed by atoms with Crippen LogP contribution in [-0.2, 0) is 4.74 Å². The van der Waals surface area contributed by atoms with E-state index in [0.717, 1.165) is 19.4 Å². The molecule has 7 nitrogen and oxygen atoms in total. The SMILES string of the molecule is CCCCNc1cnnc(Nc2ccccc2C(=O)OC)n1. The summed E-state index contributed by atoms with van der Waals surface area (Å²) in [5.74, 6) is 0.535. The molecule has 0 saturated carbocycles. The fraction of sp³-hybridized carbons (Fsp3) is 0.333. The lowest BCUT2D eigenvalue weighted by Crippen LogP contribution is -2.09. The number of rotatable bonds is 7. The second kappa shape index (κ2) is 7.92. The van der Waals surface area contributed by atoms with Crippen molar-refractivity contribution in [1.29, 1.82) is 0 Å². The molecule has 0 aliphatic carbocycles. The lowest BCUT2D eigenvalue weighted by Gasteiger charge is -2.10. The summed E-state index contributed by atoms with van der Waals surface area (Å²) in [5, 5.41) is 14.0. The van der Waals surface area contributed by atoms with Crippen molar-refractivity contribution in [3.63, 3.8) is 0 Å². The minimum absolute atomic E-state index is 0.317. The number of benzene rings is 1. The smallest absolute Gasteiger partial charge is 0.339 e. The van der Waals surface area contributed by atoms with Gasteiger partial charge in [-0.1, -0.05) is 25.5 Å². The average Bonchev–Trinajstić information content (AvgIpc) is 2.55. The van der Waals surface area contributed by atoms with E-state index in [1.165, 1.54) is 7.11 Å². The number of para-hydroxylation sites is 1. The van der Waals surface area contributed by atoms with Crippen molar-refractivity contribution in [2.75, 3.05) is 24.3 Å². The highest BCUT2D eigenvalue weighted by molar-refractivity contribution is 5.96. The normalized spacial score (nSPS) is 10.1. The first-order chi connectivity index (χ1) is 10.7. The predicted octanol–water partition coefficient (Wildman–Crippen LogP) is 2.61. The molecule has 22 heavy (non-hydrogen) atoms. The third-order valence-electron chi connectivity index (χ3n) is 2.97. The number of nitrogens with zero attached hydrogens (tertiary/aromatic N) is 3. The summed E-state index contributed by atoms with van der Waals surface area (Å²) in [6, 6.07) is 7.00. The van der Waals surface area contributed by atoms with Crippen LogP contribution in [0.4, 0.5) is 17.5 Å². The van der Waals surface area contributed by atoms with Crippen LogP contribution in [0, 0.1) is 0 Å². The molecular weight excluding hydrogens is 282 g/mol. The molecule has 116 valence electrons. The third kappa shape index (κ3) is 4.15. The molecule has 2 aromatic rings. The van der Waals surface area contributed by atoms with Gasteiger partial charge in [0.2, 0.25) is 5.95 Å². The maximum absolute atomic E-state index is 11.7. The van der Waals surface area contributed by atoms with E-state index < -0.39 is 5.97 Å². The Morgan fingerprint density at radius 3 is 2.91 bits per heavy atom. The van der Waals surface area contributed by atoms with Crippen molar-refractivity contribution in [2.45, 2.75) is 19.8 Å². The summed E-state index contributed by atoms with van der Waals surface area (Å²) in [6.45, 7) is 2.95. The van der Waals surface area contributed by atoms with E-state index in [4.69, 9.17) is 4.74 Å². The first kappa shape index (κ1) is 15.7. The molecule has 0 amide bonds. The molecule has 1 aromatic carbocycles. The van der Waals surface area contributed by atoms with Gasteiger partial charge >= 0.3 is 5.97 Å². The highest BCUT2D eigenvalue weighted by atomic mass is 16.5. The fourth-order valence-corrected chi connectivity index (χ4v) is 1.84. The van der Waals surface area contributed by atoms with Gasteiger partial charge in [-0.05, 0) is 18.6 Å². The molecule has 0 aliphatic rings. The Hall–Kier alpha value is -2.70. The molecule has 0 unspecified atom stereocenters. The van der Waals surface area contributed by atoms with Crippen molar-refractivity contribution in [3.05, 3.63) is 36.0 Å². The highest BCUT2D eigenvalue weighted by Crippen LogP contribution is 2.19. The summed E-state index contributed by atoms with van der Waals surface area (Å²) in [6.07, 6.45) is 3.72. The van der Waals surface area contributed by atoms with Gasteiger partial charge in [-0.15, -0.1) is 5.10 Å². The van der Waals surface area contributed by atoms with Gasteiger partial charge in [0.25, 0.3) is 0 Å². The number of nitrogens with one attached hydrogen (secondary N) is 2. The second-order valence-electron chi connectivity index (χ2n) is 4.61. The monoisotopic (exact) mass is 301 g/mol. The zero-order valence-electron chi connectivity index (χ0n) is 12.7. The zero-order valence-corrected chi connectivity index (χ0v) is 12.7. The Bertz CT molecular complexity index is 633. The molecule has 1 heterocycles. The van der Waals surface area contributed by atoms with E-state index in [2.05, 4.69) is 32.7 Å². The maximum Gasteiger partial charge on any atom is 0.339 e. The Morgan fingerprint density at radius 2 is 2.14 bits per heavy atom. The number of ether oxygens (including phenoxy) is 1. The quantitative estimate of drug-likeness (QED) is 0.600. The topological polar surface area (TPSA) is 89.0 Å². The third-order valence-corrected chi connectivity index (χ3v) is 2.97. The van der Waals surface area contributed by atoms with Crippen LogP contribution in [0.25, 0.3) is 0 Å². The van der Waals surface area contributed by atoms with Crippen LogP contribution in [0.15, 0.2) is 30.5 Å². The molecule has 0 aliphatic heterocycles. The molecule has 7 heteroatoms. The van der Waals surface area contributed by atoms with Gasteiger partial charge in [-0.2, -0.15) is 10.1 Å². The molecule has 0 saturated heterocycles. The Balaban J connectivity index is 2.14. The van der Waals surface area contributed by atoms with Gasteiger partial charge in [0.15, 0.2) is 5.82 Å². The van der Waals surface area contributed by atoms with Crippen LogP contribution >= 0.6 is 0 Å². The average molecular weight is 301 g/mol. The van der Waals surface area contributed by atoms with E-state index in [9.17, 15) is 4.79 Å². The van der Waals surface area contributed by atoms with Crippen molar-refractivity contribution in [2.24, 2.45) is 0 Å². The van der Waals surface area contributed by atoms with Gasteiger partial charge in [-0.25, -0.2) is 4.79 Å². The number of methoxy groups -OCH3 is 1. The summed E-state index contributed by atoms with van der Waals surface area (Å²) in [4.78, 5) is 16.1. The van der Waals surface area contributed by atoms with Crippen LogP contribution in [-0.4, -0.2) is 34.8 Å².